The van der Waals surface area contributed by atoms with Gasteiger partial charge in [-0.15, -0.1) is 0 Å². The van der Waals surface area contributed by atoms with Crippen molar-refractivity contribution in [3.05, 3.63) is 34.8 Å². The molecule has 2 aromatic rings. The predicted molar refractivity (Wildman–Crippen MR) is 96.3 cm³/mol. The highest BCUT2D eigenvalue weighted by molar-refractivity contribution is 7.80. The van der Waals surface area contributed by atoms with Gasteiger partial charge < -0.3 is 9.84 Å². The summed E-state index contributed by atoms with van der Waals surface area (Å²) in [4.78, 5) is 0. The number of hydrogen-bond donors (Lipinski definition) is 2. The lowest BCUT2D eigenvalue weighted by Crippen LogP contribution is -2.32. The van der Waals surface area contributed by atoms with Gasteiger partial charge in [-0.2, -0.15) is 5.10 Å². The molecule has 0 amide bonds. The summed E-state index contributed by atoms with van der Waals surface area (Å²) in [6.45, 7) is 8.93. The largest absolute Gasteiger partial charge is 0.361 e. The Balaban J connectivity index is 2.04. The van der Waals surface area contributed by atoms with Crippen molar-refractivity contribution in [2.45, 2.75) is 40.5 Å². The van der Waals surface area contributed by atoms with Gasteiger partial charge in [0, 0.05) is 29.6 Å². The van der Waals surface area contributed by atoms with Gasteiger partial charge in [0.2, 0.25) is 0 Å². The number of hydrogen-bond acceptors (Lipinski definition) is 4. The van der Waals surface area contributed by atoms with Gasteiger partial charge in [0.1, 0.15) is 5.76 Å². The van der Waals surface area contributed by atoms with Gasteiger partial charge in [-0.05, 0) is 45.5 Å². The van der Waals surface area contributed by atoms with Crippen LogP contribution in [0, 0.1) is 20.8 Å². The fourth-order valence-corrected chi connectivity index (χ4v) is 2.46. The molecule has 0 aliphatic carbocycles. The molecular weight excluding hydrogens is 310 g/mol. The lowest BCUT2D eigenvalue weighted by molar-refractivity contribution is 0.394. The molecule has 0 saturated heterocycles. The second-order valence-corrected chi connectivity index (χ2v) is 5.85. The van der Waals surface area contributed by atoms with Crippen LogP contribution in [0.4, 0.5) is 0 Å². The van der Waals surface area contributed by atoms with E-state index in [9.17, 15) is 0 Å². The van der Waals surface area contributed by atoms with Gasteiger partial charge in [0.05, 0.1) is 6.21 Å². The molecule has 0 aromatic carbocycles. The summed E-state index contributed by atoms with van der Waals surface area (Å²) in [6.07, 6.45) is 3.98. The number of aromatic nitrogens is 2. The molecule has 0 spiro atoms. The Morgan fingerprint density at radius 3 is 2.83 bits per heavy atom. The summed E-state index contributed by atoms with van der Waals surface area (Å²) in [5.74, 6) is 1.56. The third kappa shape index (κ3) is 4.41. The summed E-state index contributed by atoms with van der Waals surface area (Å²) in [5.41, 5.74) is 5.96. The van der Waals surface area contributed by atoms with E-state index >= 15 is 0 Å². The highest BCUT2D eigenvalue weighted by atomic mass is 32.1. The second-order valence-electron chi connectivity index (χ2n) is 5.44. The van der Waals surface area contributed by atoms with Crippen LogP contribution in [0.2, 0.25) is 0 Å². The molecule has 0 saturated carbocycles. The number of hydrazone groups is 1. The van der Waals surface area contributed by atoms with E-state index in [1.807, 2.05) is 31.4 Å². The van der Waals surface area contributed by atoms with Crippen LogP contribution in [0.5, 0.6) is 0 Å². The first-order chi connectivity index (χ1) is 11.0. The molecule has 7 heteroatoms. The van der Waals surface area contributed by atoms with E-state index in [-0.39, 0.29) is 0 Å². The van der Waals surface area contributed by atoms with Crippen LogP contribution in [0.3, 0.4) is 0 Å². The molecule has 2 rings (SSSR count). The molecule has 0 atom stereocenters. The zero-order chi connectivity index (χ0) is 16.8. The maximum Gasteiger partial charge on any atom is 0.186 e. The summed E-state index contributed by atoms with van der Waals surface area (Å²) < 4.78 is 7.19. The van der Waals surface area contributed by atoms with Crippen LogP contribution in [-0.4, -0.2) is 27.6 Å². The number of aryl methyl sites for hydroxylation is 2. The summed E-state index contributed by atoms with van der Waals surface area (Å²) in [7, 11) is 0. The minimum Gasteiger partial charge on any atom is -0.361 e. The quantitative estimate of drug-likeness (QED) is 0.368. The molecule has 23 heavy (non-hydrogen) atoms. The first kappa shape index (κ1) is 17.2. The first-order valence-corrected chi connectivity index (χ1v) is 8.13. The average Bonchev–Trinajstić information content (AvgIpc) is 3.03. The summed E-state index contributed by atoms with van der Waals surface area (Å²) in [5, 5.41) is 11.9. The smallest absolute Gasteiger partial charge is 0.186 e. The number of thiocarbonyl (C=S) groups is 1. The standard InChI is InChI=1S/C16H23N5OS/c1-5-6-7-17-16(23)19-18-10-14-8-11(2)21(13(14)4)15-9-12(3)22-20-15/h8-10H,5-7H2,1-4H3,(H2,17,19,23)/b18-10-. The topological polar surface area (TPSA) is 67.4 Å². The molecule has 0 radical (unpaired) electrons. The molecule has 2 heterocycles. The average molecular weight is 333 g/mol. The molecule has 0 aliphatic rings. The fraction of sp³-hybridized carbons (Fsp3) is 0.438. The normalized spacial score (nSPS) is 11.1. The van der Waals surface area contributed by atoms with Crippen molar-refractivity contribution in [2.75, 3.05) is 6.54 Å². The molecule has 6 nitrogen and oxygen atoms in total. The number of nitrogens with one attached hydrogen (secondary N) is 2. The van der Waals surface area contributed by atoms with Crippen molar-refractivity contribution in [2.24, 2.45) is 5.10 Å². The van der Waals surface area contributed by atoms with Crippen molar-refractivity contribution in [3.8, 4) is 5.82 Å². The van der Waals surface area contributed by atoms with Crippen LogP contribution >= 0.6 is 12.2 Å². The van der Waals surface area contributed by atoms with Crippen molar-refractivity contribution in [1.29, 1.82) is 0 Å². The van der Waals surface area contributed by atoms with E-state index in [2.05, 4.69) is 34.0 Å². The third-order valence-corrected chi connectivity index (χ3v) is 3.74. The van der Waals surface area contributed by atoms with Gasteiger partial charge >= 0.3 is 0 Å². The monoisotopic (exact) mass is 333 g/mol. The SMILES string of the molecule is CCCCNC(=S)N/N=C\c1cc(C)n(-c2cc(C)on2)c1C. The highest BCUT2D eigenvalue weighted by Crippen LogP contribution is 2.19. The molecule has 2 N–H and O–H groups in total. The van der Waals surface area contributed by atoms with Crippen LogP contribution < -0.4 is 10.7 Å². The van der Waals surface area contributed by atoms with Crippen LogP contribution in [0.1, 0.15) is 42.5 Å². The minimum absolute atomic E-state index is 0.538. The van der Waals surface area contributed by atoms with Crippen molar-refractivity contribution < 1.29 is 4.52 Å². The van der Waals surface area contributed by atoms with Crippen LogP contribution in [-0.2, 0) is 0 Å². The molecule has 124 valence electrons. The van der Waals surface area contributed by atoms with E-state index in [0.717, 1.165) is 47.9 Å². The Kier molecular flexibility index (Phi) is 5.92. The third-order valence-electron chi connectivity index (χ3n) is 3.50. The van der Waals surface area contributed by atoms with E-state index < -0.39 is 0 Å². The van der Waals surface area contributed by atoms with Gasteiger partial charge in [0.15, 0.2) is 10.9 Å². The molecular formula is C16H23N5OS. The zero-order valence-electron chi connectivity index (χ0n) is 14.0. The second kappa shape index (κ2) is 7.92. The molecule has 0 unspecified atom stereocenters. The molecule has 0 bridgehead atoms. The lowest BCUT2D eigenvalue weighted by Gasteiger charge is -2.05. The van der Waals surface area contributed by atoms with Gasteiger partial charge in [-0.1, -0.05) is 18.5 Å². The van der Waals surface area contributed by atoms with Crippen molar-refractivity contribution in [3.63, 3.8) is 0 Å². The number of rotatable bonds is 6. The van der Waals surface area contributed by atoms with Crippen molar-refractivity contribution in [1.82, 2.24) is 20.5 Å². The fourth-order valence-electron chi connectivity index (χ4n) is 2.31. The Hall–Kier alpha value is -2.15. The van der Waals surface area contributed by atoms with E-state index in [4.69, 9.17) is 16.7 Å². The van der Waals surface area contributed by atoms with E-state index in [1.54, 1.807) is 6.21 Å². The highest BCUT2D eigenvalue weighted by Gasteiger charge is 2.12. The number of nitrogens with zero attached hydrogens (tertiary/aromatic N) is 3. The maximum absolute atomic E-state index is 5.16. The number of unbranched alkanes of at least 4 members (excludes halogenated alkanes) is 1. The molecule has 0 aliphatic heterocycles. The molecule has 0 fully saturated rings. The van der Waals surface area contributed by atoms with E-state index in [1.165, 1.54) is 0 Å². The summed E-state index contributed by atoms with van der Waals surface area (Å²) in [6, 6.07) is 3.96. The Morgan fingerprint density at radius 2 is 2.17 bits per heavy atom. The van der Waals surface area contributed by atoms with Gasteiger partial charge in [0.25, 0.3) is 0 Å². The predicted octanol–water partition coefficient (Wildman–Crippen LogP) is 2.99. The summed E-state index contributed by atoms with van der Waals surface area (Å²) >= 11 is 5.16. The van der Waals surface area contributed by atoms with Crippen LogP contribution in [0.25, 0.3) is 5.82 Å². The first-order valence-electron chi connectivity index (χ1n) is 7.72. The Labute approximate surface area is 141 Å². The van der Waals surface area contributed by atoms with Gasteiger partial charge in [-0.3, -0.25) is 9.99 Å². The van der Waals surface area contributed by atoms with Crippen LogP contribution in [0.15, 0.2) is 21.8 Å². The Morgan fingerprint density at radius 1 is 1.39 bits per heavy atom. The maximum atomic E-state index is 5.16. The van der Waals surface area contributed by atoms with Crippen molar-refractivity contribution >= 4 is 23.5 Å². The lowest BCUT2D eigenvalue weighted by atomic mass is 10.3. The molecule has 2 aromatic heterocycles. The van der Waals surface area contributed by atoms with Gasteiger partial charge in [-0.25, -0.2) is 0 Å². The minimum atomic E-state index is 0.538. The zero-order valence-corrected chi connectivity index (χ0v) is 14.8. The Bertz CT molecular complexity index is 701. The van der Waals surface area contributed by atoms with E-state index in [0.29, 0.717) is 5.11 Å².